The summed E-state index contributed by atoms with van der Waals surface area (Å²) in [6, 6.07) is 7.76. The van der Waals surface area contributed by atoms with Gasteiger partial charge in [0, 0.05) is 24.6 Å². The van der Waals surface area contributed by atoms with Crippen molar-refractivity contribution in [1.82, 2.24) is 4.90 Å². The number of likely N-dealkylation sites (tertiary alicyclic amines) is 1. The van der Waals surface area contributed by atoms with Gasteiger partial charge in [0.25, 0.3) is 0 Å². The van der Waals surface area contributed by atoms with Crippen LogP contribution in [0.3, 0.4) is 0 Å². The number of nitrogens with zero attached hydrogens (tertiary/aromatic N) is 2. The van der Waals surface area contributed by atoms with Crippen molar-refractivity contribution in [3.63, 3.8) is 0 Å². The van der Waals surface area contributed by atoms with Crippen molar-refractivity contribution in [2.75, 3.05) is 36.9 Å². The fraction of sp³-hybridized carbons (Fsp3) is 0.556. The lowest BCUT2D eigenvalue weighted by molar-refractivity contribution is -0.144. The fourth-order valence-corrected chi connectivity index (χ4v) is 3.85. The Morgan fingerprint density at radius 1 is 1.29 bits per heavy atom. The number of thioether (sulfide) groups is 1. The van der Waals surface area contributed by atoms with Gasteiger partial charge in [-0.15, -0.1) is 11.8 Å². The van der Waals surface area contributed by atoms with Crippen LogP contribution in [0.4, 0.5) is 5.69 Å². The highest BCUT2D eigenvalue weighted by Crippen LogP contribution is 2.34. The van der Waals surface area contributed by atoms with Gasteiger partial charge in [-0.2, -0.15) is 0 Å². The van der Waals surface area contributed by atoms with E-state index in [4.69, 9.17) is 4.74 Å². The third kappa shape index (κ3) is 3.92. The molecule has 0 unspecified atom stereocenters. The van der Waals surface area contributed by atoms with Crippen molar-refractivity contribution in [1.29, 1.82) is 0 Å². The van der Waals surface area contributed by atoms with E-state index in [9.17, 15) is 9.59 Å². The van der Waals surface area contributed by atoms with Gasteiger partial charge in [0.05, 0.1) is 17.5 Å². The smallest absolute Gasteiger partial charge is 0.242 e. The summed E-state index contributed by atoms with van der Waals surface area (Å²) in [5.41, 5.74) is 0.847. The van der Waals surface area contributed by atoms with E-state index in [2.05, 4.69) is 6.92 Å². The van der Waals surface area contributed by atoms with Gasteiger partial charge < -0.3 is 14.5 Å². The molecule has 0 aromatic heterocycles. The number of unbranched alkanes of at least 4 members (excludes halogenated alkanes) is 2. The van der Waals surface area contributed by atoms with Crippen molar-refractivity contribution in [2.45, 2.75) is 37.2 Å². The van der Waals surface area contributed by atoms with Crippen LogP contribution in [0.5, 0.6) is 0 Å². The van der Waals surface area contributed by atoms with Crippen LogP contribution in [0, 0.1) is 0 Å². The van der Waals surface area contributed by atoms with E-state index in [1.807, 2.05) is 24.3 Å². The molecule has 130 valence electrons. The monoisotopic (exact) mass is 348 g/mol. The molecule has 0 atom stereocenters. The molecule has 2 aliphatic heterocycles. The average molecular weight is 348 g/mol. The Labute approximate surface area is 147 Å². The number of benzene rings is 1. The Bertz CT molecular complexity index is 602. The Kier molecular flexibility index (Phi) is 5.79. The third-order valence-corrected chi connectivity index (χ3v) is 5.45. The van der Waals surface area contributed by atoms with Gasteiger partial charge in [0.2, 0.25) is 11.8 Å². The average Bonchev–Trinajstić information content (AvgIpc) is 2.55. The van der Waals surface area contributed by atoms with Gasteiger partial charge >= 0.3 is 0 Å². The zero-order valence-corrected chi connectivity index (χ0v) is 14.9. The van der Waals surface area contributed by atoms with Crippen molar-refractivity contribution in [3.8, 4) is 0 Å². The predicted molar refractivity (Wildman–Crippen MR) is 95.4 cm³/mol. The standard InChI is InChI=1S/C18H24N2O3S/c1-2-3-6-9-23-14-10-19(11-14)17(21)12-20-15-7-4-5-8-16(15)24-13-18(20)22/h4-5,7-8,14H,2-3,6,9-13H2,1H3. The predicted octanol–water partition coefficient (Wildman–Crippen LogP) is 2.54. The number of rotatable bonds is 7. The second-order valence-corrected chi connectivity index (χ2v) is 7.25. The van der Waals surface area contributed by atoms with Crippen LogP contribution in [0.2, 0.25) is 0 Å². The topological polar surface area (TPSA) is 49.9 Å². The summed E-state index contributed by atoms with van der Waals surface area (Å²) in [6.07, 6.45) is 3.61. The summed E-state index contributed by atoms with van der Waals surface area (Å²) in [6.45, 7) is 4.35. The molecular weight excluding hydrogens is 324 g/mol. The Morgan fingerprint density at radius 2 is 2.08 bits per heavy atom. The highest BCUT2D eigenvalue weighted by molar-refractivity contribution is 8.00. The minimum absolute atomic E-state index is 0.0000564. The first kappa shape index (κ1) is 17.3. The largest absolute Gasteiger partial charge is 0.375 e. The minimum atomic E-state index is -0.00142. The van der Waals surface area contributed by atoms with E-state index in [-0.39, 0.29) is 24.5 Å². The van der Waals surface area contributed by atoms with Crippen molar-refractivity contribution >= 4 is 29.3 Å². The molecule has 2 amide bonds. The normalized spacial score (nSPS) is 17.6. The molecule has 6 heteroatoms. The van der Waals surface area contributed by atoms with E-state index in [0.29, 0.717) is 18.8 Å². The van der Waals surface area contributed by atoms with Crippen molar-refractivity contribution in [2.24, 2.45) is 0 Å². The number of ether oxygens (including phenoxy) is 1. The van der Waals surface area contributed by atoms with E-state index in [1.54, 1.807) is 9.80 Å². The maximum atomic E-state index is 12.4. The molecule has 1 aromatic rings. The Balaban J connectivity index is 1.49. The lowest BCUT2D eigenvalue weighted by Crippen LogP contribution is -2.57. The SMILES string of the molecule is CCCCCOC1CN(C(=O)CN2C(=O)CSc3ccccc32)C1. The zero-order valence-electron chi connectivity index (χ0n) is 14.1. The molecule has 1 fully saturated rings. The highest BCUT2D eigenvalue weighted by Gasteiger charge is 2.34. The zero-order chi connectivity index (χ0) is 16.9. The summed E-state index contributed by atoms with van der Waals surface area (Å²) in [5.74, 6) is 0.395. The highest BCUT2D eigenvalue weighted by atomic mass is 32.2. The molecule has 2 aliphatic rings. The summed E-state index contributed by atoms with van der Waals surface area (Å²) in [5, 5.41) is 0. The molecule has 1 saturated heterocycles. The Hall–Kier alpha value is -1.53. The quantitative estimate of drug-likeness (QED) is 0.711. The number of amides is 2. The molecule has 24 heavy (non-hydrogen) atoms. The molecule has 0 aliphatic carbocycles. The van der Waals surface area contributed by atoms with Crippen molar-refractivity contribution in [3.05, 3.63) is 24.3 Å². The molecule has 0 bridgehead atoms. The van der Waals surface area contributed by atoms with E-state index < -0.39 is 0 Å². The van der Waals surface area contributed by atoms with E-state index in [0.717, 1.165) is 23.6 Å². The van der Waals surface area contributed by atoms with Crippen LogP contribution in [-0.4, -0.2) is 54.8 Å². The molecule has 0 N–H and O–H groups in total. The first-order valence-corrected chi connectivity index (χ1v) is 9.59. The molecular formula is C18H24N2O3S. The van der Waals surface area contributed by atoms with Gasteiger partial charge in [-0.25, -0.2) is 0 Å². The van der Waals surface area contributed by atoms with Gasteiger partial charge in [0.15, 0.2) is 0 Å². The van der Waals surface area contributed by atoms with Crippen LogP contribution in [0.25, 0.3) is 0 Å². The van der Waals surface area contributed by atoms with Crippen LogP contribution in [0.1, 0.15) is 26.2 Å². The number of carbonyl (C=O) groups is 2. The molecule has 5 nitrogen and oxygen atoms in total. The number of hydrogen-bond donors (Lipinski definition) is 0. The number of hydrogen-bond acceptors (Lipinski definition) is 4. The van der Waals surface area contributed by atoms with Gasteiger partial charge in [-0.1, -0.05) is 31.9 Å². The van der Waals surface area contributed by atoms with Gasteiger partial charge in [-0.3, -0.25) is 9.59 Å². The van der Waals surface area contributed by atoms with Crippen LogP contribution >= 0.6 is 11.8 Å². The lowest BCUT2D eigenvalue weighted by atomic mass is 10.1. The lowest BCUT2D eigenvalue weighted by Gasteiger charge is -2.40. The van der Waals surface area contributed by atoms with E-state index in [1.165, 1.54) is 24.6 Å². The number of anilines is 1. The first-order valence-electron chi connectivity index (χ1n) is 8.60. The van der Waals surface area contributed by atoms with Crippen molar-refractivity contribution < 1.29 is 14.3 Å². The van der Waals surface area contributed by atoms with Crippen LogP contribution in [0.15, 0.2) is 29.2 Å². The minimum Gasteiger partial charge on any atom is -0.375 e. The molecule has 1 aromatic carbocycles. The number of fused-ring (bicyclic) bond motifs is 1. The molecule has 0 saturated carbocycles. The first-order chi connectivity index (χ1) is 11.7. The molecule has 0 spiro atoms. The second-order valence-electron chi connectivity index (χ2n) is 6.23. The maximum Gasteiger partial charge on any atom is 0.242 e. The maximum absolute atomic E-state index is 12.4. The fourth-order valence-electron chi connectivity index (χ4n) is 2.91. The summed E-state index contributed by atoms with van der Waals surface area (Å²) < 4.78 is 5.75. The summed E-state index contributed by atoms with van der Waals surface area (Å²) in [4.78, 5) is 29.1. The molecule has 3 rings (SSSR count). The second kappa shape index (κ2) is 8.03. The van der Waals surface area contributed by atoms with Gasteiger partial charge in [0.1, 0.15) is 6.54 Å². The Morgan fingerprint density at radius 3 is 2.88 bits per heavy atom. The van der Waals surface area contributed by atoms with Gasteiger partial charge in [-0.05, 0) is 18.6 Å². The van der Waals surface area contributed by atoms with Crippen LogP contribution in [-0.2, 0) is 14.3 Å². The van der Waals surface area contributed by atoms with Crippen LogP contribution < -0.4 is 4.90 Å². The summed E-state index contributed by atoms with van der Waals surface area (Å²) >= 11 is 1.53. The molecule has 0 radical (unpaired) electrons. The van der Waals surface area contributed by atoms with E-state index >= 15 is 0 Å². The molecule has 2 heterocycles. The number of carbonyl (C=O) groups excluding carboxylic acids is 2. The number of para-hydroxylation sites is 1. The summed E-state index contributed by atoms with van der Waals surface area (Å²) in [7, 11) is 0. The third-order valence-electron chi connectivity index (χ3n) is 4.40.